The van der Waals surface area contributed by atoms with E-state index >= 15 is 0 Å². The summed E-state index contributed by atoms with van der Waals surface area (Å²) in [6.45, 7) is 9.41. The summed E-state index contributed by atoms with van der Waals surface area (Å²) in [6, 6.07) is 0. The van der Waals surface area contributed by atoms with Gasteiger partial charge < -0.3 is 24.1 Å². The molecule has 1 N–H and O–H groups in total. The molecule has 0 aromatic carbocycles. The quantitative estimate of drug-likeness (QED) is 0.175. The molecule has 22 heavy (non-hydrogen) atoms. The predicted octanol–water partition coefficient (Wildman–Crippen LogP) is 0.600. The molecule has 0 heterocycles. The highest BCUT2D eigenvalue weighted by atomic mass is 16.7. The van der Waals surface area contributed by atoms with Gasteiger partial charge in [-0.25, -0.2) is 9.59 Å². The van der Waals surface area contributed by atoms with E-state index in [2.05, 4.69) is 19.7 Å². The summed E-state index contributed by atoms with van der Waals surface area (Å²) in [6.07, 6.45) is 3.54. The highest BCUT2D eigenvalue weighted by Crippen LogP contribution is 2.19. The Morgan fingerprint density at radius 1 is 0.955 bits per heavy atom. The number of carbonyl (C=O) groups excluding carboxylic acids is 2. The molecule has 0 bridgehead atoms. The molecule has 0 unspecified atom stereocenters. The fourth-order valence-electron chi connectivity index (χ4n) is 1.28. The zero-order valence-corrected chi connectivity index (χ0v) is 12.5. The van der Waals surface area contributed by atoms with Gasteiger partial charge >= 0.3 is 11.9 Å². The van der Waals surface area contributed by atoms with Crippen molar-refractivity contribution in [1.82, 2.24) is 0 Å². The summed E-state index contributed by atoms with van der Waals surface area (Å²) in [5, 5.41) is 9.58. The first-order valence-electron chi connectivity index (χ1n) is 6.49. The van der Waals surface area contributed by atoms with Crippen LogP contribution in [-0.2, 0) is 28.5 Å². The molecule has 7 heteroatoms. The number of esters is 2. The fraction of sp³-hybridized carbons (Fsp3) is 0.467. The molecule has 0 fully saturated rings. The summed E-state index contributed by atoms with van der Waals surface area (Å²) in [5.74, 6) is -1.31. The molecule has 0 spiro atoms. The number of rotatable bonds is 13. The minimum atomic E-state index is -1.10. The van der Waals surface area contributed by atoms with Crippen molar-refractivity contribution in [3.05, 3.63) is 38.0 Å². The SMILES string of the molecule is C=CCOCOCC(CO)(COC(=O)C=C)COC(=O)C=C. The Morgan fingerprint density at radius 3 is 1.91 bits per heavy atom. The monoisotopic (exact) mass is 314 g/mol. The van der Waals surface area contributed by atoms with Gasteiger partial charge in [-0.2, -0.15) is 0 Å². The molecule has 0 rings (SSSR count). The van der Waals surface area contributed by atoms with Gasteiger partial charge in [0.15, 0.2) is 0 Å². The van der Waals surface area contributed by atoms with E-state index in [9.17, 15) is 14.7 Å². The Hall–Kier alpha value is -1.96. The van der Waals surface area contributed by atoms with E-state index in [1.807, 2.05) is 0 Å². The standard InChI is InChI=1S/C15H22O7/c1-4-7-19-12-20-9-15(8-16,10-21-13(17)5-2)11-22-14(18)6-3/h4-6,16H,1-3,7-12H2. The number of hydrogen-bond acceptors (Lipinski definition) is 7. The molecule has 124 valence electrons. The Kier molecular flexibility index (Phi) is 10.6. The second-order valence-corrected chi connectivity index (χ2v) is 4.41. The van der Waals surface area contributed by atoms with Crippen LogP contribution in [0.2, 0.25) is 0 Å². The normalized spacial score (nSPS) is 10.6. The third kappa shape index (κ3) is 8.35. The van der Waals surface area contributed by atoms with Crippen LogP contribution >= 0.6 is 0 Å². The topological polar surface area (TPSA) is 91.3 Å². The molecule has 7 nitrogen and oxygen atoms in total. The summed E-state index contributed by atoms with van der Waals surface area (Å²) < 4.78 is 20.1. The van der Waals surface area contributed by atoms with Gasteiger partial charge in [0.05, 0.1) is 25.2 Å². The van der Waals surface area contributed by atoms with Crippen LogP contribution in [0.1, 0.15) is 0 Å². The molecule has 0 saturated carbocycles. The third-order valence-corrected chi connectivity index (χ3v) is 2.52. The molecule has 0 aliphatic rings. The van der Waals surface area contributed by atoms with Gasteiger partial charge in [0.25, 0.3) is 0 Å². The van der Waals surface area contributed by atoms with Gasteiger partial charge in [-0.05, 0) is 0 Å². The van der Waals surface area contributed by atoms with Crippen LogP contribution in [0.5, 0.6) is 0 Å². The van der Waals surface area contributed by atoms with E-state index < -0.39 is 24.0 Å². The molecular formula is C15H22O7. The Labute approximate surface area is 129 Å². The predicted molar refractivity (Wildman–Crippen MR) is 78.8 cm³/mol. The number of hydrogen-bond donors (Lipinski definition) is 1. The lowest BCUT2D eigenvalue weighted by molar-refractivity contribution is -0.159. The Bertz CT molecular complexity index is 365. The molecule has 0 aliphatic heterocycles. The summed E-state index contributed by atoms with van der Waals surface area (Å²) in [4.78, 5) is 22.3. The van der Waals surface area contributed by atoms with Crippen molar-refractivity contribution < 1.29 is 33.6 Å². The van der Waals surface area contributed by atoms with Crippen molar-refractivity contribution >= 4 is 11.9 Å². The van der Waals surface area contributed by atoms with Crippen molar-refractivity contribution in [1.29, 1.82) is 0 Å². The van der Waals surface area contributed by atoms with Crippen LogP contribution in [0, 0.1) is 5.41 Å². The van der Waals surface area contributed by atoms with Crippen molar-refractivity contribution in [2.45, 2.75) is 0 Å². The summed E-state index contributed by atoms with van der Waals surface area (Å²) in [7, 11) is 0. The average Bonchev–Trinajstić information content (AvgIpc) is 2.55. The first kappa shape index (κ1) is 20.0. The first-order chi connectivity index (χ1) is 10.5. The maximum atomic E-state index is 11.2. The zero-order valence-electron chi connectivity index (χ0n) is 12.5. The van der Waals surface area contributed by atoms with Gasteiger partial charge in [-0.3, -0.25) is 0 Å². The fourth-order valence-corrected chi connectivity index (χ4v) is 1.28. The minimum absolute atomic E-state index is 0.0431. The highest BCUT2D eigenvalue weighted by Gasteiger charge is 2.33. The highest BCUT2D eigenvalue weighted by molar-refractivity contribution is 5.81. The van der Waals surface area contributed by atoms with Crippen LogP contribution in [0.4, 0.5) is 0 Å². The van der Waals surface area contributed by atoms with E-state index in [0.717, 1.165) is 12.2 Å². The smallest absolute Gasteiger partial charge is 0.330 e. The zero-order chi connectivity index (χ0) is 16.8. The van der Waals surface area contributed by atoms with Gasteiger partial charge in [0, 0.05) is 12.2 Å². The van der Waals surface area contributed by atoms with Gasteiger partial charge in [0.1, 0.15) is 20.0 Å². The molecular weight excluding hydrogens is 292 g/mol. The third-order valence-electron chi connectivity index (χ3n) is 2.52. The lowest BCUT2D eigenvalue weighted by Crippen LogP contribution is -2.42. The second-order valence-electron chi connectivity index (χ2n) is 4.41. The van der Waals surface area contributed by atoms with E-state index in [-0.39, 0.29) is 26.6 Å². The lowest BCUT2D eigenvalue weighted by atomic mass is 9.92. The van der Waals surface area contributed by atoms with E-state index in [4.69, 9.17) is 18.9 Å². The molecule has 0 aromatic heterocycles. The number of aliphatic hydroxyl groups excluding tert-OH is 1. The minimum Gasteiger partial charge on any atom is -0.462 e. The Balaban J connectivity index is 4.62. The molecule has 0 radical (unpaired) electrons. The maximum Gasteiger partial charge on any atom is 0.330 e. The lowest BCUT2D eigenvalue weighted by Gasteiger charge is -2.30. The second kappa shape index (κ2) is 11.7. The van der Waals surface area contributed by atoms with Crippen molar-refractivity contribution in [3.63, 3.8) is 0 Å². The largest absolute Gasteiger partial charge is 0.462 e. The summed E-state index contributed by atoms with van der Waals surface area (Å²) in [5.41, 5.74) is -1.10. The molecule has 0 amide bonds. The van der Waals surface area contributed by atoms with Crippen LogP contribution in [0.3, 0.4) is 0 Å². The van der Waals surface area contributed by atoms with E-state index in [1.165, 1.54) is 0 Å². The molecule has 0 aromatic rings. The van der Waals surface area contributed by atoms with Crippen LogP contribution in [0.15, 0.2) is 38.0 Å². The van der Waals surface area contributed by atoms with Gasteiger partial charge in [0.2, 0.25) is 0 Å². The van der Waals surface area contributed by atoms with E-state index in [1.54, 1.807) is 6.08 Å². The van der Waals surface area contributed by atoms with Gasteiger partial charge in [-0.15, -0.1) is 6.58 Å². The van der Waals surface area contributed by atoms with Crippen LogP contribution in [0.25, 0.3) is 0 Å². The number of ether oxygens (including phenoxy) is 4. The molecule has 0 saturated heterocycles. The van der Waals surface area contributed by atoms with Crippen molar-refractivity contribution in [2.24, 2.45) is 5.41 Å². The maximum absolute atomic E-state index is 11.2. The van der Waals surface area contributed by atoms with Gasteiger partial charge in [-0.1, -0.05) is 19.2 Å². The molecule has 0 atom stereocenters. The number of aliphatic hydroxyl groups is 1. The van der Waals surface area contributed by atoms with E-state index in [0.29, 0.717) is 6.61 Å². The average molecular weight is 314 g/mol. The van der Waals surface area contributed by atoms with Crippen LogP contribution in [-0.4, -0.2) is 56.9 Å². The first-order valence-corrected chi connectivity index (χ1v) is 6.49. The summed E-state index contributed by atoms with van der Waals surface area (Å²) >= 11 is 0. The van der Waals surface area contributed by atoms with Crippen LogP contribution < -0.4 is 0 Å². The van der Waals surface area contributed by atoms with Crippen molar-refractivity contribution in [3.8, 4) is 0 Å². The van der Waals surface area contributed by atoms with Crippen molar-refractivity contribution in [2.75, 3.05) is 39.8 Å². The molecule has 0 aliphatic carbocycles. The Morgan fingerprint density at radius 2 is 1.50 bits per heavy atom. The number of carbonyl (C=O) groups is 2.